The molecule has 0 unspecified atom stereocenters. The van der Waals surface area contributed by atoms with Crippen molar-refractivity contribution in [2.45, 2.75) is 31.7 Å². The highest BCUT2D eigenvalue weighted by Gasteiger charge is 2.18. The van der Waals surface area contributed by atoms with Gasteiger partial charge in [-0.3, -0.25) is 9.59 Å². The molecule has 104 valence electrons. The molecule has 1 heterocycles. The van der Waals surface area contributed by atoms with Gasteiger partial charge >= 0.3 is 5.97 Å². The highest BCUT2D eigenvalue weighted by Crippen LogP contribution is 2.05. The Bertz CT molecular complexity index is 400. The second-order valence-electron chi connectivity index (χ2n) is 4.47. The van der Waals surface area contributed by atoms with Gasteiger partial charge in [-0.25, -0.2) is 0 Å². The predicted octanol–water partition coefficient (Wildman–Crippen LogP) is 0.927. The lowest BCUT2D eigenvalue weighted by Crippen LogP contribution is -2.40. The normalized spacial score (nSPS) is 18.0. The van der Waals surface area contributed by atoms with Crippen LogP contribution in [0.15, 0.2) is 30.3 Å². The summed E-state index contributed by atoms with van der Waals surface area (Å²) < 4.78 is 0. The summed E-state index contributed by atoms with van der Waals surface area (Å²) in [5.41, 5.74) is 5.95. The Balaban J connectivity index is 0.000000191. The van der Waals surface area contributed by atoms with Crippen molar-refractivity contribution in [3.8, 4) is 0 Å². The molecule has 0 spiro atoms. The fourth-order valence-corrected chi connectivity index (χ4v) is 1.86. The number of carbonyl (C=O) groups excluding carboxylic acids is 1. The van der Waals surface area contributed by atoms with E-state index >= 15 is 0 Å². The molecule has 1 aliphatic heterocycles. The van der Waals surface area contributed by atoms with E-state index in [2.05, 4.69) is 5.32 Å². The van der Waals surface area contributed by atoms with Crippen molar-refractivity contribution < 1.29 is 14.7 Å². The fourth-order valence-electron chi connectivity index (χ4n) is 1.86. The van der Waals surface area contributed by atoms with Crippen LogP contribution in [-0.4, -0.2) is 29.6 Å². The van der Waals surface area contributed by atoms with Crippen LogP contribution in [0.25, 0.3) is 0 Å². The molecule has 1 fully saturated rings. The van der Waals surface area contributed by atoms with E-state index in [1.807, 2.05) is 30.3 Å². The standard InChI is InChI=1S/C8H9NO.C6H11NO2/c9-8(10)6-7-4-2-1-3-5-7;8-6(9)5-3-1-2-4-7-5/h1-5H,6H2,(H2,9,10);5,7H,1-4H2,(H,8,9)/t;5-/m.1/s1. The molecule has 0 bridgehead atoms. The number of primary amides is 1. The number of rotatable bonds is 3. The molecule has 0 saturated carbocycles. The number of amides is 1. The van der Waals surface area contributed by atoms with Crippen LogP contribution in [-0.2, 0) is 16.0 Å². The van der Waals surface area contributed by atoms with E-state index in [9.17, 15) is 9.59 Å². The van der Waals surface area contributed by atoms with Crippen molar-refractivity contribution in [1.82, 2.24) is 5.32 Å². The molecule has 2 rings (SSSR count). The molecule has 1 atom stereocenters. The van der Waals surface area contributed by atoms with Crippen LogP contribution in [0.5, 0.6) is 0 Å². The molecule has 1 aliphatic rings. The third-order valence-corrected chi connectivity index (χ3v) is 2.83. The average Bonchev–Trinajstić information content (AvgIpc) is 2.41. The first-order valence-corrected chi connectivity index (χ1v) is 6.38. The van der Waals surface area contributed by atoms with E-state index in [0.29, 0.717) is 6.42 Å². The minimum Gasteiger partial charge on any atom is -0.480 e. The molecule has 0 radical (unpaired) electrons. The number of carbonyl (C=O) groups is 2. The van der Waals surface area contributed by atoms with E-state index in [0.717, 1.165) is 31.4 Å². The maximum atomic E-state index is 10.4. The Morgan fingerprint density at radius 1 is 1.26 bits per heavy atom. The summed E-state index contributed by atoms with van der Waals surface area (Å²) in [4.78, 5) is 20.7. The van der Waals surface area contributed by atoms with Crippen molar-refractivity contribution in [2.75, 3.05) is 6.54 Å². The van der Waals surface area contributed by atoms with Crippen LogP contribution in [0, 0.1) is 0 Å². The summed E-state index contributed by atoms with van der Waals surface area (Å²) in [5.74, 6) is -0.999. The Kier molecular flexibility index (Phi) is 6.60. The second kappa shape index (κ2) is 8.26. The summed E-state index contributed by atoms with van der Waals surface area (Å²) in [6.07, 6.45) is 3.28. The van der Waals surface area contributed by atoms with Gasteiger partial charge < -0.3 is 16.2 Å². The monoisotopic (exact) mass is 264 g/mol. The number of hydrogen-bond donors (Lipinski definition) is 3. The van der Waals surface area contributed by atoms with E-state index in [1.54, 1.807) is 0 Å². The first-order chi connectivity index (χ1) is 9.09. The maximum absolute atomic E-state index is 10.4. The Morgan fingerprint density at radius 2 is 1.95 bits per heavy atom. The number of hydrogen-bond acceptors (Lipinski definition) is 3. The Morgan fingerprint density at radius 3 is 2.37 bits per heavy atom. The molecule has 0 aromatic heterocycles. The van der Waals surface area contributed by atoms with Gasteiger partial charge in [0.2, 0.25) is 5.91 Å². The largest absolute Gasteiger partial charge is 0.480 e. The Hall–Kier alpha value is -1.88. The van der Waals surface area contributed by atoms with Gasteiger partial charge in [-0.15, -0.1) is 0 Å². The molecule has 1 amide bonds. The first-order valence-electron chi connectivity index (χ1n) is 6.38. The smallest absolute Gasteiger partial charge is 0.320 e. The summed E-state index contributed by atoms with van der Waals surface area (Å²) in [5, 5.41) is 11.4. The molecule has 1 saturated heterocycles. The van der Waals surface area contributed by atoms with Crippen molar-refractivity contribution in [1.29, 1.82) is 0 Å². The molecular formula is C14H20N2O3. The van der Waals surface area contributed by atoms with Gasteiger partial charge in [0.1, 0.15) is 6.04 Å². The van der Waals surface area contributed by atoms with Gasteiger partial charge in [0.05, 0.1) is 6.42 Å². The highest BCUT2D eigenvalue weighted by molar-refractivity contribution is 5.76. The van der Waals surface area contributed by atoms with Crippen LogP contribution < -0.4 is 11.1 Å². The minimum atomic E-state index is -0.713. The van der Waals surface area contributed by atoms with Gasteiger partial charge in [0, 0.05) is 0 Å². The van der Waals surface area contributed by atoms with Crippen LogP contribution in [0.4, 0.5) is 0 Å². The van der Waals surface area contributed by atoms with Crippen LogP contribution >= 0.6 is 0 Å². The number of benzene rings is 1. The second-order valence-corrected chi connectivity index (χ2v) is 4.47. The Labute approximate surface area is 112 Å². The van der Waals surface area contributed by atoms with E-state index in [1.165, 1.54) is 0 Å². The van der Waals surface area contributed by atoms with Crippen LogP contribution in [0.1, 0.15) is 24.8 Å². The number of carboxylic acid groups (broad SMARTS) is 1. The summed E-state index contributed by atoms with van der Waals surface area (Å²) >= 11 is 0. The number of nitrogens with two attached hydrogens (primary N) is 1. The lowest BCUT2D eigenvalue weighted by Gasteiger charge is -2.18. The van der Waals surface area contributed by atoms with E-state index in [4.69, 9.17) is 10.8 Å². The SMILES string of the molecule is NC(=O)Cc1ccccc1.O=C(O)[C@H]1CCCCN1. The lowest BCUT2D eigenvalue weighted by atomic mass is 10.1. The molecule has 0 aliphatic carbocycles. The summed E-state index contributed by atoms with van der Waals surface area (Å²) in [6.45, 7) is 0.858. The third kappa shape index (κ3) is 6.57. The third-order valence-electron chi connectivity index (χ3n) is 2.83. The fraction of sp³-hybridized carbons (Fsp3) is 0.429. The highest BCUT2D eigenvalue weighted by atomic mass is 16.4. The maximum Gasteiger partial charge on any atom is 0.320 e. The summed E-state index contributed by atoms with van der Waals surface area (Å²) in [6, 6.07) is 9.16. The number of piperidine rings is 1. The number of carboxylic acids is 1. The molecule has 1 aromatic rings. The van der Waals surface area contributed by atoms with Gasteiger partial charge in [0.25, 0.3) is 0 Å². The summed E-state index contributed by atoms with van der Waals surface area (Å²) in [7, 11) is 0. The molecule has 19 heavy (non-hydrogen) atoms. The van der Waals surface area contributed by atoms with Crippen LogP contribution in [0.3, 0.4) is 0 Å². The number of aliphatic carboxylic acids is 1. The molecular weight excluding hydrogens is 244 g/mol. The topological polar surface area (TPSA) is 92.4 Å². The van der Waals surface area contributed by atoms with Gasteiger partial charge in [-0.05, 0) is 24.9 Å². The molecule has 4 N–H and O–H groups in total. The van der Waals surface area contributed by atoms with E-state index < -0.39 is 5.97 Å². The van der Waals surface area contributed by atoms with Crippen molar-refractivity contribution in [3.05, 3.63) is 35.9 Å². The number of nitrogens with one attached hydrogen (secondary N) is 1. The molecule has 1 aromatic carbocycles. The van der Waals surface area contributed by atoms with Crippen molar-refractivity contribution in [2.24, 2.45) is 5.73 Å². The van der Waals surface area contributed by atoms with Crippen molar-refractivity contribution >= 4 is 11.9 Å². The van der Waals surface area contributed by atoms with Gasteiger partial charge in [-0.2, -0.15) is 0 Å². The molecule has 5 nitrogen and oxygen atoms in total. The van der Waals surface area contributed by atoms with Gasteiger partial charge in [-0.1, -0.05) is 36.8 Å². The van der Waals surface area contributed by atoms with Gasteiger partial charge in [0.15, 0.2) is 0 Å². The quantitative estimate of drug-likeness (QED) is 0.757. The van der Waals surface area contributed by atoms with Crippen molar-refractivity contribution in [3.63, 3.8) is 0 Å². The van der Waals surface area contributed by atoms with Crippen LogP contribution in [0.2, 0.25) is 0 Å². The average molecular weight is 264 g/mol. The minimum absolute atomic E-state index is 0.279. The lowest BCUT2D eigenvalue weighted by molar-refractivity contribution is -0.140. The molecule has 5 heteroatoms. The predicted molar refractivity (Wildman–Crippen MR) is 72.6 cm³/mol. The zero-order valence-corrected chi connectivity index (χ0v) is 10.8. The first kappa shape index (κ1) is 15.2. The van der Waals surface area contributed by atoms with E-state index in [-0.39, 0.29) is 11.9 Å². The zero-order valence-electron chi connectivity index (χ0n) is 10.8. The zero-order chi connectivity index (χ0) is 14.1.